The number of hydrogen-bond acceptors (Lipinski definition) is 6. The Morgan fingerprint density at radius 1 is 0.600 bits per heavy atom. The molecule has 6 aromatic rings. The molecule has 7 rings (SSSR count). The Balaban J connectivity index is 1.68. The molecule has 35 heavy (non-hydrogen) atoms. The Morgan fingerprint density at radius 3 is 1.97 bits per heavy atom. The minimum absolute atomic E-state index is 0.0339. The summed E-state index contributed by atoms with van der Waals surface area (Å²) in [6.45, 7) is 0. The summed E-state index contributed by atoms with van der Waals surface area (Å²) in [5, 5.41) is 14.0. The smallest absolute Gasteiger partial charge is 0.344 e. The van der Waals surface area contributed by atoms with Gasteiger partial charge in [0.2, 0.25) is 0 Å². The van der Waals surface area contributed by atoms with Gasteiger partial charge in [0.25, 0.3) is 0 Å². The Kier molecular flexibility index (Phi) is 3.97. The van der Waals surface area contributed by atoms with Gasteiger partial charge < -0.3 is 18.7 Å². The maximum Gasteiger partial charge on any atom is 0.344 e. The molecule has 0 aliphatic carbocycles. The number of benzene rings is 4. The van der Waals surface area contributed by atoms with Crippen LogP contribution in [0.25, 0.3) is 32.7 Å². The molecular weight excluding hydrogens is 444 g/mol. The highest BCUT2D eigenvalue weighted by molar-refractivity contribution is 5.94. The average molecular weight is 460 g/mol. The van der Waals surface area contributed by atoms with E-state index in [1.165, 1.54) is 0 Å². The first-order valence-corrected chi connectivity index (χ1v) is 11.1. The van der Waals surface area contributed by atoms with Crippen molar-refractivity contribution >= 4 is 32.7 Å². The topological polar surface area (TPSA) is 89.9 Å². The lowest BCUT2D eigenvalue weighted by Gasteiger charge is -2.29. The molecule has 0 radical (unpaired) electrons. The highest BCUT2D eigenvalue weighted by atomic mass is 16.5. The van der Waals surface area contributed by atoms with Crippen molar-refractivity contribution in [2.45, 2.75) is 5.92 Å². The molecule has 2 aromatic heterocycles. The Bertz CT molecular complexity index is 1920. The van der Waals surface area contributed by atoms with Gasteiger partial charge >= 0.3 is 11.3 Å². The summed E-state index contributed by atoms with van der Waals surface area (Å²) in [5.74, 6) is -0.414. The number of hydrogen-bond donors (Lipinski definition) is 1. The zero-order valence-corrected chi connectivity index (χ0v) is 18.1. The Labute approximate surface area is 197 Å². The van der Waals surface area contributed by atoms with E-state index in [4.69, 9.17) is 13.6 Å². The van der Waals surface area contributed by atoms with Crippen molar-refractivity contribution in [1.82, 2.24) is 0 Å². The lowest BCUT2D eigenvalue weighted by Crippen LogP contribution is -2.25. The fraction of sp³-hybridized carbons (Fsp3) is 0.0345. The van der Waals surface area contributed by atoms with Crippen molar-refractivity contribution in [3.63, 3.8) is 0 Å². The molecule has 1 atom stereocenters. The first-order valence-electron chi connectivity index (χ1n) is 11.1. The van der Waals surface area contributed by atoms with E-state index >= 15 is 0 Å². The van der Waals surface area contributed by atoms with E-state index in [1.54, 1.807) is 42.5 Å². The number of aromatic hydroxyl groups is 1. The van der Waals surface area contributed by atoms with Crippen LogP contribution < -0.4 is 16.0 Å². The summed E-state index contributed by atoms with van der Waals surface area (Å²) in [4.78, 5) is 26.8. The van der Waals surface area contributed by atoms with Crippen LogP contribution >= 0.6 is 0 Å². The standard InChI is InChI=1S/C29H16O6/c30-26-17-9-3-5-11-19(17)34-28(31)24(26)23-22-16-8-2-1-7-15(16)13-14-21(22)33-27-18-10-4-6-12-20(18)35-29(32)25(23)27/h1-14,23,30H/t23-/m1/s1. The fourth-order valence-electron chi connectivity index (χ4n) is 5.10. The van der Waals surface area contributed by atoms with Crippen LogP contribution in [0, 0.1) is 0 Å². The zero-order valence-electron chi connectivity index (χ0n) is 18.1. The van der Waals surface area contributed by atoms with Crippen LogP contribution in [-0.4, -0.2) is 5.11 Å². The monoisotopic (exact) mass is 460 g/mol. The van der Waals surface area contributed by atoms with Gasteiger partial charge in [0.05, 0.1) is 27.8 Å². The maximum absolute atomic E-state index is 13.4. The second-order valence-corrected chi connectivity index (χ2v) is 8.51. The SMILES string of the molecule is O=c1oc2ccccc2c(O)c1[C@@H]1c2c(c3ccccc3oc2=O)Oc2ccc3ccccc3c21. The largest absolute Gasteiger partial charge is 0.507 e. The number of para-hydroxylation sites is 2. The summed E-state index contributed by atoms with van der Waals surface area (Å²) in [5.41, 5.74) is -0.0432. The third-order valence-corrected chi connectivity index (χ3v) is 6.63. The highest BCUT2D eigenvalue weighted by Gasteiger charge is 2.39. The molecule has 3 heterocycles. The van der Waals surface area contributed by atoms with Gasteiger partial charge in [-0.1, -0.05) is 54.6 Å². The second-order valence-electron chi connectivity index (χ2n) is 8.51. The van der Waals surface area contributed by atoms with E-state index in [0.717, 1.165) is 10.8 Å². The van der Waals surface area contributed by atoms with Gasteiger partial charge in [-0.25, -0.2) is 9.59 Å². The predicted octanol–water partition coefficient (Wildman–Crippen LogP) is 6.04. The molecule has 168 valence electrons. The summed E-state index contributed by atoms with van der Waals surface area (Å²) in [7, 11) is 0. The lowest BCUT2D eigenvalue weighted by atomic mass is 9.80. The van der Waals surface area contributed by atoms with Crippen molar-refractivity contribution in [3.05, 3.63) is 122 Å². The van der Waals surface area contributed by atoms with Crippen LogP contribution in [0.2, 0.25) is 0 Å². The van der Waals surface area contributed by atoms with E-state index < -0.39 is 17.2 Å². The van der Waals surface area contributed by atoms with Crippen LogP contribution in [0.5, 0.6) is 17.2 Å². The van der Waals surface area contributed by atoms with Crippen LogP contribution in [0.15, 0.2) is 103 Å². The second kappa shape index (κ2) is 7.08. The molecule has 0 saturated heterocycles. The fourth-order valence-corrected chi connectivity index (χ4v) is 5.10. The van der Waals surface area contributed by atoms with Crippen molar-refractivity contribution in [2.24, 2.45) is 0 Å². The predicted molar refractivity (Wildman–Crippen MR) is 132 cm³/mol. The Morgan fingerprint density at radius 2 is 1.20 bits per heavy atom. The van der Waals surface area contributed by atoms with E-state index in [2.05, 4.69) is 0 Å². The summed E-state index contributed by atoms with van der Waals surface area (Å²) in [6.07, 6.45) is 0. The molecule has 0 saturated carbocycles. The van der Waals surface area contributed by atoms with Crippen molar-refractivity contribution in [1.29, 1.82) is 0 Å². The Hall–Kier alpha value is -4.84. The molecule has 6 heteroatoms. The van der Waals surface area contributed by atoms with Crippen LogP contribution in [0.4, 0.5) is 0 Å². The normalized spacial score (nSPS) is 14.6. The minimum Gasteiger partial charge on any atom is -0.507 e. The number of ether oxygens (including phenoxy) is 1. The molecule has 0 bridgehead atoms. The third-order valence-electron chi connectivity index (χ3n) is 6.63. The lowest BCUT2D eigenvalue weighted by molar-refractivity contribution is 0.426. The average Bonchev–Trinajstić information content (AvgIpc) is 2.88. The summed E-state index contributed by atoms with van der Waals surface area (Å²) < 4.78 is 17.6. The zero-order chi connectivity index (χ0) is 23.7. The molecular formula is C29H16O6. The third kappa shape index (κ3) is 2.71. The van der Waals surface area contributed by atoms with E-state index in [9.17, 15) is 14.7 Å². The number of fused-ring (bicyclic) bond motifs is 7. The van der Waals surface area contributed by atoms with E-state index in [0.29, 0.717) is 33.4 Å². The van der Waals surface area contributed by atoms with Crippen LogP contribution in [0.1, 0.15) is 22.6 Å². The van der Waals surface area contributed by atoms with Crippen molar-refractivity contribution < 1.29 is 18.7 Å². The first kappa shape index (κ1) is 19.6. The van der Waals surface area contributed by atoms with Crippen molar-refractivity contribution in [3.8, 4) is 17.2 Å². The molecule has 0 amide bonds. The van der Waals surface area contributed by atoms with Gasteiger partial charge in [0.15, 0.2) is 0 Å². The molecule has 0 spiro atoms. The molecule has 1 N–H and O–H groups in total. The van der Waals surface area contributed by atoms with Crippen LogP contribution in [0.3, 0.4) is 0 Å². The molecule has 0 unspecified atom stereocenters. The molecule has 0 fully saturated rings. The van der Waals surface area contributed by atoms with Crippen LogP contribution in [-0.2, 0) is 0 Å². The van der Waals surface area contributed by atoms with E-state index in [-0.39, 0.29) is 22.5 Å². The van der Waals surface area contributed by atoms with Gasteiger partial charge in [-0.2, -0.15) is 0 Å². The summed E-state index contributed by atoms with van der Waals surface area (Å²) >= 11 is 0. The maximum atomic E-state index is 13.4. The minimum atomic E-state index is -0.971. The molecule has 1 aliphatic rings. The summed E-state index contributed by atoms with van der Waals surface area (Å²) in [6, 6.07) is 25.2. The highest BCUT2D eigenvalue weighted by Crippen LogP contribution is 2.52. The molecule has 6 nitrogen and oxygen atoms in total. The molecule has 4 aromatic carbocycles. The van der Waals surface area contributed by atoms with Gasteiger partial charge in [-0.05, 0) is 41.1 Å². The van der Waals surface area contributed by atoms with Crippen molar-refractivity contribution in [2.75, 3.05) is 0 Å². The van der Waals surface area contributed by atoms with E-state index in [1.807, 2.05) is 42.5 Å². The van der Waals surface area contributed by atoms with Gasteiger partial charge in [-0.15, -0.1) is 0 Å². The molecule has 1 aliphatic heterocycles. The van der Waals surface area contributed by atoms with Gasteiger partial charge in [0.1, 0.15) is 28.4 Å². The first-order chi connectivity index (χ1) is 17.1. The van der Waals surface area contributed by atoms with Gasteiger partial charge in [-0.3, -0.25) is 0 Å². The quantitative estimate of drug-likeness (QED) is 0.300. The van der Waals surface area contributed by atoms with Gasteiger partial charge in [0, 0.05) is 5.56 Å². The number of rotatable bonds is 1.